The normalized spacial score (nSPS) is 15.6. The maximum atomic E-state index is 2.49. The second kappa shape index (κ2) is 15.5. The number of benzene rings is 10. The first kappa shape index (κ1) is 38.2. The van der Waals surface area contributed by atoms with E-state index in [0.717, 1.165) is 17.1 Å². The lowest BCUT2D eigenvalue weighted by molar-refractivity contribution is 0.707. The minimum Gasteiger partial charge on any atom is -0.310 e. The molecule has 13 rings (SSSR count). The van der Waals surface area contributed by atoms with Crippen LogP contribution in [0.2, 0.25) is 0 Å². The van der Waals surface area contributed by atoms with Gasteiger partial charge in [-0.25, -0.2) is 0 Å². The fourth-order valence-electron chi connectivity index (χ4n) is 11.8. The lowest BCUT2D eigenvalue weighted by Crippen LogP contribution is -2.25. The summed E-state index contributed by atoms with van der Waals surface area (Å²) >= 11 is 0. The molecule has 66 heavy (non-hydrogen) atoms. The van der Waals surface area contributed by atoms with Gasteiger partial charge in [0.2, 0.25) is 0 Å². The molecule has 1 nitrogen and oxygen atoms in total. The van der Waals surface area contributed by atoms with Gasteiger partial charge in [-0.1, -0.05) is 224 Å². The standard InChI is InChI=1S/C65H45N/c1-4-19-44(20-5-1)52-39-36-50(42-58(52)45-21-6-2-7-22-45)66(49-27-18-26-48(41-49)54-38-35-46-23-10-11-28-53(46)64(54)47-24-8-3-9-25-47)51-37-40-63-59(43-51)57-31-14-17-34-62(57)65(63)60-32-15-12-29-55(60)56-30-13-16-33-61(56)65/h1-43,54,64H. The fraction of sp³-hybridized carbons (Fsp3) is 0.0462. The van der Waals surface area contributed by atoms with Crippen LogP contribution in [0, 0.1) is 0 Å². The highest BCUT2D eigenvalue weighted by atomic mass is 15.1. The number of anilines is 3. The average Bonchev–Trinajstić information content (AvgIpc) is 3.86. The van der Waals surface area contributed by atoms with Crippen molar-refractivity contribution < 1.29 is 0 Å². The van der Waals surface area contributed by atoms with Gasteiger partial charge in [-0.3, -0.25) is 0 Å². The van der Waals surface area contributed by atoms with Gasteiger partial charge in [0.15, 0.2) is 0 Å². The Kier molecular flexibility index (Phi) is 8.96. The van der Waals surface area contributed by atoms with Gasteiger partial charge in [-0.05, 0) is 125 Å². The molecule has 1 spiro atoms. The maximum Gasteiger partial charge on any atom is 0.0725 e. The molecule has 0 saturated heterocycles. The molecular formula is C65H45N. The van der Waals surface area contributed by atoms with Crippen molar-refractivity contribution in [3.63, 3.8) is 0 Å². The van der Waals surface area contributed by atoms with Crippen LogP contribution >= 0.6 is 0 Å². The topological polar surface area (TPSA) is 3.24 Å². The molecule has 1 heteroatoms. The lowest BCUT2D eigenvalue weighted by atomic mass is 9.70. The Morgan fingerprint density at radius 2 is 0.803 bits per heavy atom. The fourth-order valence-corrected chi connectivity index (χ4v) is 11.8. The zero-order chi connectivity index (χ0) is 43.6. The maximum absolute atomic E-state index is 2.49. The van der Waals surface area contributed by atoms with Gasteiger partial charge in [-0.2, -0.15) is 0 Å². The molecule has 2 unspecified atom stereocenters. The Balaban J connectivity index is 1.03. The third-order valence-electron chi connectivity index (χ3n) is 14.5. The van der Waals surface area contributed by atoms with E-state index in [1.165, 1.54) is 89.0 Å². The van der Waals surface area contributed by atoms with Crippen molar-refractivity contribution in [3.8, 4) is 44.5 Å². The predicted octanol–water partition coefficient (Wildman–Crippen LogP) is 16.8. The van der Waals surface area contributed by atoms with Crippen molar-refractivity contribution in [2.45, 2.75) is 17.3 Å². The van der Waals surface area contributed by atoms with Crippen molar-refractivity contribution in [1.29, 1.82) is 0 Å². The SMILES string of the molecule is C1=CC(c2cccc(N(c3ccc(-c4ccccc4)c(-c4ccccc4)c3)c3ccc4c(c3)-c3ccccc3C43c4ccccc4-c4ccccc43)c2)C(c2ccccc2)c2ccccc21. The minimum absolute atomic E-state index is 0.138. The Morgan fingerprint density at radius 1 is 0.318 bits per heavy atom. The summed E-state index contributed by atoms with van der Waals surface area (Å²) in [6, 6.07) is 92.5. The van der Waals surface area contributed by atoms with Crippen LogP contribution in [0.1, 0.15) is 56.3 Å². The van der Waals surface area contributed by atoms with Crippen LogP contribution in [0.4, 0.5) is 17.1 Å². The monoisotopic (exact) mass is 839 g/mol. The first-order valence-electron chi connectivity index (χ1n) is 23.2. The Hall–Kier alpha value is -8.26. The van der Waals surface area contributed by atoms with Crippen LogP contribution < -0.4 is 4.90 Å². The number of fused-ring (bicyclic) bond motifs is 11. The number of hydrogen-bond acceptors (Lipinski definition) is 1. The first-order chi connectivity index (χ1) is 32.8. The lowest BCUT2D eigenvalue weighted by Gasteiger charge is -2.33. The van der Waals surface area contributed by atoms with E-state index in [1.54, 1.807) is 0 Å². The number of hydrogen-bond donors (Lipinski definition) is 0. The summed E-state index contributed by atoms with van der Waals surface area (Å²) in [6.07, 6.45) is 4.75. The molecule has 0 N–H and O–H groups in total. The third kappa shape index (κ3) is 5.87. The number of allylic oxidation sites excluding steroid dienone is 1. The highest BCUT2D eigenvalue weighted by molar-refractivity contribution is 5.97. The molecule has 0 heterocycles. The van der Waals surface area contributed by atoms with Crippen LogP contribution in [0.15, 0.2) is 255 Å². The molecule has 2 atom stereocenters. The molecule has 0 fully saturated rings. The van der Waals surface area contributed by atoms with Crippen LogP contribution in [0.3, 0.4) is 0 Å². The first-order valence-corrected chi connectivity index (χ1v) is 23.2. The van der Waals surface area contributed by atoms with E-state index in [-0.39, 0.29) is 11.8 Å². The van der Waals surface area contributed by atoms with E-state index < -0.39 is 5.41 Å². The molecule has 3 aliphatic carbocycles. The van der Waals surface area contributed by atoms with Gasteiger partial charge in [0.25, 0.3) is 0 Å². The summed E-state index contributed by atoms with van der Waals surface area (Å²) in [5, 5.41) is 0. The van der Waals surface area contributed by atoms with Crippen LogP contribution in [0.25, 0.3) is 50.6 Å². The van der Waals surface area contributed by atoms with Crippen molar-refractivity contribution in [3.05, 3.63) is 299 Å². The highest BCUT2D eigenvalue weighted by Crippen LogP contribution is 2.63. The molecule has 0 radical (unpaired) electrons. The van der Waals surface area contributed by atoms with Gasteiger partial charge in [-0.15, -0.1) is 0 Å². The Labute approximate surface area is 387 Å². The Bertz CT molecular complexity index is 3450. The second-order valence-electron chi connectivity index (χ2n) is 17.9. The van der Waals surface area contributed by atoms with E-state index in [1.807, 2.05) is 0 Å². The molecule has 310 valence electrons. The van der Waals surface area contributed by atoms with E-state index >= 15 is 0 Å². The molecule has 0 aromatic heterocycles. The van der Waals surface area contributed by atoms with Gasteiger partial charge >= 0.3 is 0 Å². The van der Waals surface area contributed by atoms with Gasteiger partial charge in [0.1, 0.15) is 0 Å². The van der Waals surface area contributed by atoms with E-state index in [2.05, 4.69) is 266 Å². The smallest absolute Gasteiger partial charge is 0.0725 e. The summed E-state index contributed by atoms with van der Waals surface area (Å²) < 4.78 is 0. The van der Waals surface area contributed by atoms with Crippen LogP contribution in [-0.4, -0.2) is 0 Å². The largest absolute Gasteiger partial charge is 0.310 e. The Morgan fingerprint density at radius 3 is 1.47 bits per heavy atom. The molecule has 0 saturated carbocycles. The molecule has 0 amide bonds. The second-order valence-corrected chi connectivity index (χ2v) is 17.9. The number of nitrogens with zero attached hydrogens (tertiary/aromatic N) is 1. The zero-order valence-corrected chi connectivity index (χ0v) is 36.4. The summed E-state index contributed by atoms with van der Waals surface area (Å²) in [4.78, 5) is 2.49. The van der Waals surface area contributed by atoms with Crippen molar-refractivity contribution in [1.82, 2.24) is 0 Å². The minimum atomic E-state index is -0.406. The molecule has 0 bridgehead atoms. The van der Waals surface area contributed by atoms with E-state index in [9.17, 15) is 0 Å². The van der Waals surface area contributed by atoms with Crippen LogP contribution in [-0.2, 0) is 5.41 Å². The summed E-state index contributed by atoms with van der Waals surface area (Å²) in [6.45, 7) is 0. The zero-order valence-electron chi connectivity index (χ0n) is 36.4. The van der Waals surface area contributed by atoms with Crippen molar-refractivity contribution >= 4 is 23.1 Å². The van der Waals surface area contributed by atoms with Gasteiger partial charge in [0.05, 0.1) is 5.41 Å². The molecule has 10 aromatic carbocycles. The van der Waals surface area contributed by atoms with Crippen molar-refractivity contribution in [2.75, 3.05) is 4.90 Å². The quantitative estimate of drug-likeness (QED) is 0.155. The number of rotatable bonds is 7. The van der Waals surface area contributed by atoms with E-state index in [4.69, 9.17) is 0 Å². The summed E-state index contributed by atoms with van der Waals surface area (Å²) in [5.74, 6) is 0.314. The molecule has 0 aliphatic heterocycles. The molecule has 10 aromatic rings. The van der Waals surface area contributed by atoms with Crippen molar-refractivity contribution in [2.24, 2.45) is 0 Å². The van der Waals surface area contributed by atoms with Crippen LogP contribution in [0.5, 0.6) is 0 Å². The average molecular weight is 840 g/mol. The molecule has 3 aliphatic rings. The predicted molar refractivity (Wildman–Crippen MR) is 275 cm³/mol. The summed E-state index contributed by atoms with van der Waals surface area (Å²) in [7, 11) is 0. The highest BCUT2D eigenvalue weighted by Gasteiger charge is 2.51. The molecular weight excluding hydrogens is 795 g/mol. The van der Waals surface area contributed by atoms with Gasteiger partial charge < -0.3 is 4.90 Å². The van der Waals surface area contributed by atoms with E-state index in [0.29, 0.717) is 0 Å². The third-order valence-corrected chi connectivity index (χ3v) is 14.5. The summed E-state index contributed by atoms with van der Waals surface area (Å²) in [5.41, 5.74) is 23.6. The van der Waals surface area contributed by atoms with Gasteiger partial charge in [0, 0.05) is 28.9 Å².